The molecule has 1 N–H and O–H groups in total. The molecule has 2 heterocycles. The normalized spacial score (nSPS) is 12.4. The van der Waals surface area contributed by atoms with Gasteiger partial charge in [-0.25, -0.2) is 4.79 Å². The van der Waals surface area contributed by atoms with E-state index in [1.807, 2.05) is 6.92 Å². The molecule has 6 nitrogen and oxygen atoms in total. The molecular weight excluding hydrogens is 284 g/mol. The lowest BCUT2D eigenvalue weighted by atomic mass is 10.1. The molecule has 118 valence electrons. The number of ether oxygens (including phenoxy) is 1. The van der Waals surface area contributed by atoms with Crippen LogP contribution < -0.4 is 5.56 Å². The molecule has 0 fully saturated rings. The Morgan fingerprint density at radius 1 is 1.45 bits per heavy atom. The lowest BCUT2D eigenvalue weighted by molar-refractivity contribution is 0.0525. The molecule has 0 aliphatic rings. The van der Waals surface area contributed by atoms with E-state index in [2.05, 4.69) is 4.98 Å². The molecule has 0 saturated heterocycles. The number of hydrogen-bond acceptors (Lipinski definition) is 5. The Bertz CT molecular complexity index is 748. The molecule has 0 radical (unpaired) electrons. The van der Waals surface area contributed by atoms with Gasteiger partial charge in [-0.1, -0.05) is 6.92 Å². The van der Waals surface area contributed by atoms with Crippen molar-refractivity contribution in [2.75, 3.05) is 13.2 Å². The van der Waals surface area contributed by atoms with E-state index in [0.29, 0.717) is 28.6 Å². The Kier molecular flexibility index (Phi) is 4.92. The molecule has 0 aliphatic heterocycles. The van der Waals surface area contributed by atoms with Gasteiger partial charge >= 0.3 is 5.97 Å². The zero-order valence-corrected chi connectivity index (χ0v) is 13.0. The fourth-order valence-corrected chi connectivity index (χ4v) is 2.40. The van der Waals surface area contributed by atoms with Gasteiger partial charge in [-0.3, -0.25) is 9.78 Å². The summed E-state index contributed by atoms with van der Waals surface area (Å²) in [5, 5.41) is 9.73. The third-order valence-corrected chi connectivity index (χ3v) is 3.67. The summed E-state index contributed by atoms with van der Waals surface area (Å²) in [5.41, 5.74) is 1.08. The van der Waals surface area contributed by atoms with Crippen LogP contribution in [-0.4, -0.2) is 33.8 Å². The van der Waals surface area contributed by atoms with Gasteiger partial charge in [-0.2, -0.15) is 0 Å². The average molecular weight is 304 g/mol. The van der Waals surface area contributed by atoms with E-state index in [1.165, 1.54) is 10.6 Å². The van der Waals surface area contributed by atoms with Gasteiger partial charge in [-0.15, -0.1) is 0 Å². The number of aliphatic hydroxyl groups excluding tert-OH is 1. The van der Waals surface area contributed by atoms with Gasteiger partial charge in [0.05, 0.1) is 41.4 Å². The molecule has 22 heavy (non-hydrogen) atoms. The van der Waals surface area contributed by atoms with Gasteiger partial charge < -0.3 is 14.4 Å². The number of esters is 1. The molecule has 2 aromatic rings. The number of nitrogens with zero attached hydrogens (tertiary/aromatic N) is 2. The van der Waals surface area contributed by atoms with Crippen LogP contribution in [-0.2, 0) is 4.74 Å². The Morgan fingerprint density at radius 3 is 2.77 bits per heavy atom. The molecule has 0 saturated carbocycles. The minimum atomic E-state index is -0.488. The van der Waals surface area contributed by atoms with Crippen molar-refractivity contribution >= 4 is 16.9 Å². The van der Waals surface area contributed by atoms with Gasteiger partial charge in [0.25, 0.3) is 5.56 Å². The molecule has 0 unspecified atom stereocenters. The summed E-state index contributed by atoms with van der Waals surface area (Å²) in [6.07, 6.45) is 2.26. The minimum absolute atomic E-state index is 0.119. The molecule has 6 heteroatoms. The smallest absolute Gasteiger partial charge is 0.339 e. The highest BCUT2D eigenvalue weighted by Crippen LogP contribution is 2.16. The largest absolute Gasteiger partial charge is 0.462 e. The van der Waals surface area contributed by atoms with Crippen LogP contribution in [0.25, 0.3) is 10.9 Å². The standard InChI is InChI=1S/C16H20N2O4/c1-4-11(9-19)18-7-6-14-13(15(18)20)8-12(10(3)17-14)16(21)22-5-2/h6-8,11,19H,4-5,9H2,1-3H3/t11-/m1/s1. The summed E-state index contributed by atoms with van der Waals surface area (Å²) in [6, 6.07) is 2.96. The van der Waals surface area contributed by atoms with E-state index < -0.39 is 5.97 Å². The van der Waals surface area contributed by atoms with E-state index >= 15 is 0 Å². The first-order chi connectivity index (χ1) is 10.5. The third kappa shape index (κ3) is 2.87. The number of hydrogen-bond donors (Lipinski definition) is 1. The zero-order chi connectivity index (χ0) is 16.3. The van der Waals surface area contributed by atoms with E-state index in [9.17, 15) is 14.7 Å². The van der Waals surface area contributed by atoms with E-state index in [-0.39, 0.29) is 24.8 Å². The number of aryl methyl sites for hydroxylation is 1. The topological polar surface area (TPSA) is 81.4 Å². The molecule has 0 bridgehead atoms. The maximum absolute atomic E-state index is 12.6. The number of pyridine rings is 2. The van der Waals surface area contributed by atoms with Crippen molar-refractivity contribution < 1.29 is 14.6 Å². The fourth-order valence-electron chi connectivity index (χ4n) is 2.40. The second-order valence-electron chi connectivity index (χ2n) is 5.05. The van der Waals surface area contributed by atoms with Crippen molar-refractivity contribution in [2.24, 2.45) is 0 Å². The summed E-state index contributed by atoms with van der Waals surface area (Å²) in [6.45, 7) is 5.47. The Hall–Kier alpha value is -2.21. The molecule has 2 rings (SSSR count). The quantitative estimate of drug-likeness (QED) is 0.852. The second kappa shape index (κ2) is 6.70. The van der Waals surface area contributed by atoms with Crippen molar-refractivity contribution in [1.29, 1.82) is 0 Å². The Morgan fingerprint density at radius 2 is 2.18 bits per heavy atom. The number of carbonyl (C=O) groups excluding carboxylic acids is 1. The minimum Gasteiger partial charge on any atom is -0.462 e. The predicted molar refractivity (Wildman–Crippen MR) is 83.1 cm³/mol. The molecule has 0 spiro atoms. The maximum atomic E-state index is 12.6. The lowest BCUT2D eigenvalue weighted by Gasteiger charge is -2.16. The van der Waals surface area contributed by atoms with Crippen LogP contribution in [0.3, 0.4) is 0 Å². The maximum Gasteiger partial charge on any atom is 0.339 e. The molecule has 0 amide bonds. The highest BCUT2D eigenvalue weighted by molar-refractivity contribution is 5.94. The van der Waals surface area contributed by atoms with Crippen molar-refractivity contribution in [3.8, 4) is 0 Å². The van der Waals surface area contributed by atoms with Gasteiger partial charge in [0.2, 0.25) is 0 Å². The Labute approximate surface area is 128 Å². The SMILES string of the molecule is CCOC(=O)c1cc2c(=O)n([C@H](CC)CO)ccc2nc1C. The monoisotopic (exact) mass is 304 g/mol. The first-order valence-electron chi connectivity index (χ1n) is 7.33. The third-order valence-electron chi connectivity index (χ3n) is 3.67. The number of fused-ring (bicyclic) bond motifs is 1. The molecular formula is C16H20N2O4. The van der Waals surface area contributed by atoms with Gasteiger partial charge in [-0.05, 0) is 32.4 Å². The molecule has 0 aromatic carbocycles. The predicted octanol–water partition coefficient (Wildman–Crippen LogP) is 1.83. The van der Waals surface area contributed by atoms with Gasteiger partial charge in [0, 0.05) is 6.20 Å². The van der Waals surface area contributed by atoms with Crippen LogP contribution in [0, 0.1) is 6.92 Å². The van der Waals surface area contributed by atoms with E-state index in [4.69, 9.17) is 4.74 Å². The van der Waals surface area contributed by atoms with Crippen molar-refractivity contribution in [1.82, 2.24) is 9.55 Å². The molecule has 0 aliphatic carbocycles. The summed E-state index contributed by atoms with van der Waals surface area (Å²) in [7, 11) is 0. The second-order valence-corrected chi connectivity index (χ2v) is 5.05. The van der Waals surface area contributed by atoms with Gasteiger partial charge in [0.15, 0.2) is 0 Å². The van der Waals surface area contributed by atoms with E-state index in [1.54, 1.807) is 26.1 Å². The van der Waals surface area contributed by atoms with Gasteiger partial charge in [0.1, 0.15) is 0 Å². The van der Waals surface area contributed by atoms with Crippen molar-refractivity contribution in [3.63, 3.8) is 0 Å². The number of rotatable bonds is 5. The molecule has 1 atom stereocenters. The Balaban J connectivity index is 2.65. The van der Waals surface area contributed by atoms with Crippen LogP contribution in [0.2, 0.25) is 0 Å². The number of aliphatic hydroxyl groups is 1. The van der Waals surface area contributed by atoms with Crippen LogP contribution in [0.4, 0.5) is 0 Å². The van der Waals surface area contributed by atoms with Crippen molar-refractivity contribution in [3.05, 3.63) is 39.9 Å². The summed E-state index contributed by atoms with van der Waals surface area (Å²) in [4.78, 5) is 28.8. The van der Waals surface area contributed by atoms with Crippen LogP contribution >= 0.6 is 0 Å². The highest BCUT2D eigenvalue weighted by atomic mass is 16.5. The summed E-state index contributed by atoms with van der Waals surface area (Å²) < 4.78 is 6.47. The van der Waals surface area contributed by atoms with Crippen molar-refractivity contribution in [2.45, 2.75) is 33.2 Å². The lowest BCUT2D eigenvalue weighted by Crippen LogP contribution is -2.26. The first-order valence-corrected chi connectivity index (χ1v) is 7.33. The van der Waals surface area contributed by atoms with Crippen LogP contribution in [0.15, 0.2) is 23.1 Å². The zero-order valence-electron chi connectivity index (χ0n) is 13.0. The highest BCUT2D eigenvalue weighted by Gasteiger charge is 2.16. The van der Waals surface area contributed by atoms with Crippen LogP contribution in [0.5, 0.6) is 0 Å². The van der Waals surface area contributed by atoms with E-state index in [0.717, 1.165) is 0 Å². The van der Waals surface area contributed by atoms with Crippen LogP contribution in [0.1, 0.15) is 42.4 Å². The number of aromatic nitrogens is 2. The summed E-state index contributed by atoms with van der Waals surface area (Å²) in [5.74, 6) is -0.488. The first kappa shape index (κ1) is 16.2. The average Bonchev–Trinajstić information content (AvgIpc) is 2.50. The summed E-state index contributed by atoms with van der Waals surface area (Å²) >= 11 is 0. The number of carbonyl (C=O) groups is 1. The fraction of sp³-hybridized carbons (Fsp3) is 0.438. The molecule has 2 aromatic heterocycles.